The summed E-state index contributed by atoms with van der Waals surface area (Å²) in [5.41, 5.74) is 9.71. The molecule has 0 aliphatic carbocycles. The molecule has 4 aromatic rings. The Kier molecular flexibility index (Phi) is 8.46. The third kappa shape index (κ3) is 5.78. The fraction of sp³-hybridized carbons (Fsp3) is 0.280. The summed E-state index contributed by atoms with van der Waals surface area (Å²) in [5, 5.41) is 2.60. The van der Waals surface area contributed by atoms with Crippen LogP contribution in [0.2, 0.25) is 13.1 Å². The van der Waals surface area contributed by atoms with Crippen LogP contribution >= 0.6 is 0 Å². The average Bonchev–Trinajstić information content (AvgIpc) is 3.31. The molecule has 0 aliphatic heterocycles. The van der Waals surface area contributed by atoms with E-state index in [4.69, 9.17) is 4.42 Å². The van der Waals surface area contributed by atoms with Crippen molar-refractivity contribution in [3.63, 3.8) is 0 Å². The molecule has 0 aliphatic rings. The van der Waals surface area contributed by atoms with Crippen LogP contribution in [0.3, 0.4) is 0 Å². The van der Waals surface area contributed by atoms with Crippen molar-refractivity contribution in [2.75, 3.05) is 0 Å². The topological polar surface area (TPSA) is 13.1 Å². The first-order valence-corrected chi connectivity index (χ1v) is 15.8. The number of benzene rings is 1. The van der Waals surface area contributed by atoms with Crippen molar-refractivity contribution in [1.82, 2.24) is 0 Å². The summed E-state index contributed by atoms with van der Waals surface area (Å²) in [4.78, 5) is 0. The molecular weight excluding hydrogens is 436 g/mol. The Labute approximate surface area is 184 Å². The molecule has 0 unspecified atom stereocenters. The second-order valence-electron chi connectivity index (χ2n) is 7.56. The van der Waals surface area contributed by atoms with Crippen LogP contribution in [0, 0.1) is 34.6 Å². The van der Waals surface area contributed by atoms with Gasteiger partial charge in [0.2, 0.25) is 0 Å². The standard InChI is InChI=1S/C14H11O.C9H13.C2H6Si.Zr/c1-10-8-11-4-2-3-5-13(11)14(10)12-6-7-15-9-12;1-6-5-7(2)9(4)8(6)3;1-3-2;/h2-9H,1H3;5H,1-4H3;1-2H3;/q2*-1;;+2. The molecule has 0 radical (unpaired) electrons. The van der Waals surface area contributed by atoms with Crippen molar-refractivity contribution in [3.05, 3.63) is 82.8 Å². The average molecular weight is 466 g/mol. The van der Waals surface area contributed by atoms with Gasteiger partial charge in [-0.25, -0.2) is 0 Å². The van der Waals surface area contributed by atoms with E-state index >= 15 is 0 Å². The van der Waals surface area contributed by atoms with Gasteiger partial charge in [0.05, 0.1) is 12.5 Å². The number of fused-ring (bicyclic) bond motifs is 1. The van der Waals surface area contributed by atoms with Gasteiger partial charge in [-0.2, -0.15) is 28.3 Å². The zero-order valence-electron chi connectivity index (χ0n) is 18.1. The largest absolute Gasteiger partial charge is 0.473 e. The summed E-state index contributed by atoms with van der Waals surface area (Å²) in [6.07, 6.45) is 3.52. The van der Waals surface area contributed by atoms with Crippen molar-refractivity contribution >= 4 is 16.2 Å². The first-order chi connectivity index (χ1) is 13.2. The molecule has 3 aromatic carbocycles. The molecule has 0 saturated heterocycles. The van der Waals surface area contributed by atoms with Crippen LogP contribution in [0.25, 0.3) is 21.9 Å². The van der Waals surface area contributed by atoms with Crippen molar-refractivity contribution in [1.29, 1.82) is 0 Å². The summed E-state index contributed by atoms with van der Waals surface area (Å²) in [5.74, 6) is 0. The van der Waals surface area contributed by atoms with Crippen molar-refractivity contribution in [2.24, 2.45) is 0 Å². The second kappa shape index (κ2) is 10.4. The fourth-order valence-electron chi connectivity index (χ4n) is 3.29. The van der Waals surface area contributed by atoms with E-state index in [1.165, 1.54) is 44.2 Å². The van der Waals surface area contributed by atoms with Gasteiger partial charge in [0.15, 0.2) is 0 Å². The first-order valence-electron chi connectivity index (χ1n) is 9.61. The summed E-state index contributed by atoms with van der Waals surface area (Å²) in [7, 11) is 0. The number of rotatable bonds is 1. The van der Waals surface area contributed by atoms with Crippen molar-refractivity contribution < 1.29 is 27.8 Å². The minimum atomic E-state index is 0.210. The van der Waals surface area contributed by atoms with Gasteiger partial charge in [0.25, 0.3) is 0 Å². The molecule has 1 nitrogen and oxygen atoms in total. The number of furan rings is 1. The van der Waals surface area contributed by atoms with Crippen LogP contribution in [0.4, 0.5) is 0 Å². The minimum absolute atomic E-state index is 0.210. The molecule has 28 heavy (non-hydrogen) atoms. The Morgan fingerprint density at radius 2 is 1.39 bits per heavy atom. The van der Waals surface area contributed by atoms with Gasteiger partial charge >= 0.3 is 41.9 Å². The quantitative estimate of drug-likeness (QED) is 0.209. The molecule has 4 rings (SSSR count). The van der Waals surface area contributed by atoms with Crippen LogP contribution in [-0.2, 0) is 23.3 Å². The molecule has 0 fully saturated rings. The Morgan fingerprint density at radius 3 is 1.86 bits per heavy atom. The number of hydrogen-bond donors (Lipinski definition) is 0. The summed E-state index contributed by atoms with van der Waals surface area (Å²) in [6.45, 7) is 15.4. The van der Waals surface area contributed by atoms with E-state index in [1.54, 1.807) is 35.9 Å². The molecule has 144 valence electrons. The third-order valence-electron chi connectivity index (χ3n) is 4.98. The summed E-state index contributed by atoms with van der Waals surface area (Å²) >= 11 is 1.74. The Hall–Kier alpha value is -1.44. The molecule has 3 heteroatoms. The molecule has 0 N–H and O–H groups in total. The first kappa shape index (κ1) is 22.8. The van der Waals surface area contributed by atoms with Crippen LogP contribution in [0.1, 0.15) is 27.8 Å². The normalized spacial score (nSPS) is 10.2. The predicted octanol–water partition coefficient (Wildman–Crippen LogP) is 7.55. The molecule has 0 amide bonds. The predicted molar refractivity (Wildman–Crippen MR) is 120 cm³/mol. The SMILES string of the molecule is C[Si](C)=[Zr+2].Cc1[cH-]c(C)c(C)c1C.Cc1[cH-]c2ccccc2c1-c1ccoc1. The van der Waals surface area contributed by atoms with Gasteiger partial charge in [0.1, 0.15) is 0 Å². The second-order valence-corrected chi connectivity index (χ2v) is 16.9. The van der Waals surface area contributed by atoms with Gasteiger partial charge in [-0.15, -0.1) is 46.2 Å². The van der Waals surface area contributed by atoms with Gasteiger partial charge in [-0.3, -0.25) is 0 Å². The van der Waals surface area contributed by atoms with Gasteiger partial charge < -0.3 is 4.42 Å². The third-order valence-corrected chi connectivity index (χ3v) is 4.98. The maximum atomic E-state index is 5.14. The Bertz CT molecular complexity index is 1020. The van der Waals surface area contributed by atoms with Gasteiger partial charge in [-0.1, -0.05) is 40.7 Å². The summed E-state index contributed by atoms with van der Waals surface area (Å²) in [6, 6.07) is 14.9. The molecule has 1 heterocycles. The van der Waals surface area contributed by atoms with Crippen LogP contribution in [-0.4, -0.2) is 5.43 Å². The smallest absolute Gasteiger partial charge is 0.0900 e. The van der Waals surface area contributed by atoms with E-state index in [-0.39, 0.29) is 5.43 Å². The van der Waals surface area contributed by atoms with E-state index in [2.05, 4.69) is 84.1 Å². The molecule has 0 spiro atoms. The van der Waals surface area contributed by atoms with E-state index in [0.717, 1.165) is 5.56 Å². The van der Waals surface area contributed by atoms with Crippen LogP contribution in [0.5, 0.6) is 0 Å². The zero-order chi connectivity index (χ0) is 20.8. The zero-order valence-corrected chi connectivity index (χ0v) is 21.6. The maximum absolute atomic E-state index is 5.14. The van der Waals surface area contributed by atoms with Crippen molar-refractivity contribution in [3.8, 4) is 11.1 Å². The molecule has 0 bridgehead atoms. The summed E-state index contributed by atoms with van der Waals surface area (Å²) < 4.78 is 5.14. The molecule has 0 saturated carbocycles. The van der Waals surface area contributed by atoms with E-state index in [0.29, 0.717) is 0 Å². The van der Waals surface area contributed by atoms with Crippen LogP contribution < -0.4 is 0 Å². The van der Waals surface area contributed by atoms with Crippen molar-refractivity contribution in [2.45, 2.75) is 47.7 Å². The Morgan fingerprint density at radius 1 is 0.821 bits per heavy atom. The molecular formula is C25H30OSiZr. The van der Waals surface area contributed by atoms with E-state index in [1.807, 2.05) is 6.07 Å². The monoisotopic (exact) mass is 464 g/mol. The molecule has 0 atom stereocenters. The fourth-order valence-corrected chi connectivity index (χ4v) is 3.29. The van der Waals surface area contributed by atoms with Gasteiger partial charge in [0, 0.05) is 0 Å². The van der Waals surface area contributed by atoms with E-state index < -0.39 is 0 Å². The number of aryl methyl sites for hydroxylation is 3. The Balaban J connectivity index is 0.000000184. The minimum Gasteiger partial charge on any atom is -0.473 e. The number of hydrogen-bond acceptors (Lipinski definition) is 1. The van der Waals surface area contributed by atoms with Gasteiger partial charge in [-0.05, 0) is 11.6 Å². The maximum Gasteiger partial charge on any atom is 0.0900 e. The molecule has 1 aromatic heterocycles. The van der Waals surface area contributed by atoms with Crippen LogP contribution in [0.15, 0.2) is 59.4 Å². The van der Waals surface area contributed by atoms with E-state index in [9.17, 15) is 0 Å².